The number of rotatable bonds is 3. The predicted octanol–water partition coefficient (Wildman–Crippen LogP) is 3.44. The van der Waals surface area contributed by atoms with Gasteiger partial charge in [-0.25, -0.2) is 8.78 Å². The van der Waals surface area contributed by atoms with Crippen molar-refractivity contribution in [1.82, 2.24) is 4.98 Å². The van der Waals surface area contributed by atoms with E-state index in [1.807, 2.05) is 0 Å². The Morgan fingerprint density at radius 1 is 1.28 bits per heavy atom. The van der Waals surface area contributed by atoms with Gasteiger partial charge in [-0.15, -0.1) is 0 Å². The lowest BCUT2D eigenvalue weighted by Crippen LogP contribution is -2.06. The SMILES string of the molecule is O=C(Cc1c(F)cccc1Cl)c1cncc(F)c1. The highest BCUT2D eigenvalue weighted by Crippen LogP contribution is 2.20. The van der Waals surface area contributed by atoms with Crippen LogP contribution in [0.1, 0.15) is 15.9 Å². The molecule has 1 aromatic carbocycles. The molecule has 2 aromatic rings. The molecular formula is C13H8ClF2NO. The topological polar surface area (TPSA) is 30.0 Å². The molecule has 0 amide bonds. The van der Waals surface area contributed by atoms with Gasteiger partial charge in [0.25, 0.3) is 0 Å². The van der Waals surface area contributed by atoms with Crippen LogP contribution in [0.3, 0.4) is 0 Å². The molecule has 0 bridgehead atoms. The van der Waals surface area contributed by atoms with E-state index in [9.17, 15) is 13.6 Å². The maximum Gasteiger partial charge on any atom is 0.169 e. The van der Waals surface area contributed by atoms with Crippen molar-refractivity contribution in [3.05, 3.63) is 64.4 Å². The zero-order valence-electron chi connectivity index (χ0n) is 9.16. The second-order valence-corrected chi connectivity index (χ2v) is 4.10. The minimum Gasteiger partial charge on any atom is -0.294 e. The molecule has 2 nitrogen and oxygen atoms in total. The summed E-state index contributed by atoms with van der Waals surface area (Å²) in [7, 11) is 0. The van der Waals surface area contributed by atoms with E-state index in [0.29, 0.717) is 0 Å². The first-order valence-electron chi connectivity index (χ1n) is 5.14. The van der Waals surface area contributed by atoms with Gasteiger partial charge >= 0.3 is 0 Å². The summed E-state index contributed by atoms with van der Waals surface area (Å²) in [6.07, 6.45) is 2.00. The van der Waals surface area contributed by atoms with Crippen molar-refractivity contribution in [1.29, 1.82) is 0 Å². The Kier molecular flexibility index (Phi) is 3.67. The van der Waals surface area contributed by atoms with Crippen LogP contribution in [-0.4, -0.2) is 10.8 Å². The summed E-state index contributed by atoms with van der Waals surface area (Å²) in [5.41, 5.74) is 0.197. The number of ketones is 1. The smallest absolute Gasteiger partial charge is 0.169 e. The summed E-state index contributed by atoms with van der Waals surface area (Å²) in [4.78, 5) is 15.4. The summed E-state index contributed by atoms with van der Waals surface area (Å²) < 4.78 is 26.4. The minimum absolute atomic E-state index is 0.0920. The molecule has 0 aliphatic carbocycles. The summed E-state index contributed by atoms with van der Waals surface area (Å²) in [6.45, 7) is 0. The number of carbonyl (C=O) groups excluding carboxylic acids is 1. The monoisotopic (exact) mass is 267 g/mol. The molecule has 0 aliphatic rings. The van der Waals surface area contributed by atoms with E-state index in [1.54, 1.807) is 0 Å². The normalized spacial score (nSPS) is 10.4. The molecule has 0 radical (unpaired) electrons. The van der Waals surface area contributed by atoms with Crippen molar-refractivity contribution in [3.8, 4) is 0 Å². The van der Waals surface area contributed by atoms with E-state index in [-0.39, 0.29) is 22.6 Å². The molecule has 0 spiro atoms. The third-order valence-corrected chi connectivity index (χ3v) is 2.78. The Labute approximate surface area is 107 Å². The molecule has 0 N–H and O–H groups in total. The van der Waals surface area contributed by atoms with E-state index >= 15 is 0 Å². The second kappa shape index (κ2) is 5.23. The fourth-order valence-electron chi connectivity index (χ4n) is 1.53. The molecule has 18 heavy (non-hydrogen) atoms. The third-order valence-electron chi connectivity index (χ3n) is 2.43. The zero-order valence-corrected chi connectivity index (χ0v) is 9.92. The fraction of sp³-hybridized carbons (Fsp3) is 0.0769. The summed E-state index contributed by atoms with van der Waals surface area (Å²) in [6, 6.07) is 5.23. The van der Waals surface area contributed by atoms with E-state index in [0.717, 1.165) is 12.3 Å². The second-order valence-electron chi connectivity index (χ2n) is 3.69. The summed E-state index contributed by atoms with van der Waals surface area (Å²) in [5.74, 6) is -1.60. The van der Waals surface area contributed by atoms with Gasteiger partial charge in [0.05, 0.1) is 6.20 Å². The molecule has 0 atom stereocenters. The van der Waals surface area contributed by atoms with Gasteiger partial charge in [-0.1, -0.05) is 17.7 Å². The van der Waals surface area contributed by atoms with Gasteiger partial charge in [0.1, 0.15) is 11.6 Å². The van der Waals surface area contributed by atoms with Crippen LogP contribution >= 0.6 is 11.6 Å². The zero-order chi connectivity index (χ0) is 13.1. The standard InChI is InChI=1S/C13H8ClF2NO/c14-11-2-1-3-12(16)10(11)5-13(18)8-4-9(15)7-17-6-8/h1-4,6-7H,5H2. The average molecular weight is 268 g/mol. The van der Waals surface area contributed by atoms with Gasteiger partial charge in [-0.05, 0) is 18.2 Å². The number of hydrogen-bond acceptors (Lipinski definition) is 2. The van der Waals surface area contributed by atoms with Crippen molar-refractivity contribution < 1.29 is 13.6 Å². The maximum atomic E-state index is 13.5. The van der Waals surface area contributed by atoms with Crippen molar-refractivity contribution in [3.63, 3.8) is 0 Å². The Morgan fingerprint density at radius 2 is 2.06 bits per heavy atom. The van der Waals surface area contributed by atoms with E-state index in [4.69, 9.17) is 11.6 Å². The first-order chi connectivity index (χ1) is 8.58. The number of pyridine rings is 1. The minimum atomic E-state index is -0.611. The van der Waals surface area contributed by atoms with E-state index in [1.165, 1.54) is 24.4 Å². The first kappa shape index (κ1) is 12.6. The molecule has 2 rings (SSSR count). The highest BCUT2D eigenvalue weighted by atomic mass is 35.5. The number of benzene rings is 1. The van der Waals surface area contributed by atoms with Crippen LogP contribution in [0.15, 0.2) is 36.7 Å². The van der Waals surface area contributed by atoms with Crippen molar-refractivity contribution in [2.45, 2.75) is 6.42 Å². The average Bonchev–Trinajstić information content (AvgIpc) is 2.34. The van der Waals surface area contributed by atoms with Crippen LogP contribution < -0.4 is 0 Å². The fourth-order valence-corrected chi connectivity index (χ4v) is 1.76. The van der Waals surface area contributed by atoms with Gasteiger partial charge in [0.2, 0.25) is 0 Å². The highest BCUT2D eigenvalue weighted by Gasteiger charge is 2.14. The van der Waals surface area contributed by atoms with Gasteiger partial charge in [-0.2, -0.15) is 0 Å². The lowest BCUT2D eigenvalue weighted by atomic mass is 10.0. The Bertz CT molecular complexity index is 581. The highest BCUT2D eigenvalue weighted by molar-refractivity contribution is 6.31. The molecule has 1 heterocycles. The van der Waals surface area contributed by atoms with Crippen LogP contribution in [0.2, 0.25) is 5.02 Å². The lowest BCUT2D eigenvalue weighted by molar-refractivity contribution is 0.0991. The van der Waals surface area contributed by atoms with Gasteiger partial charge in [-0.3, -0.25) is 9.78 Å². The predicted molar refractivity (Wildman–Crippen MR) is 63.6 cm³/mol. The quantitative estimate of drug-likeness (QED) is 0.798. The van der Waals surface area contributed by atoms with Crippen LogP contribution in [0.4, 0.5) is 8.78 Å². The molecule has 0 unspecified atom stereocenters. The molecule has 5 heteroatoms. The molecule has 0 saturated carbocycles. The van der Waals surface area contributed by atoms with Crippen molar-refractivity contribution in [2.24, 2.45) is 0 Å². The number of halogens is 3. The van der Waals surface area contributed by atoms with Gasteiger partial charge < -0.3 is 0 Å². The number of Topliss-reactive ketones (excluding diaryl/α,β-unsaturated/α-hetero) is 1. The largest absolute Gasteiger partial charge is 0.294 e. The van der Waals surface area contributed by atoms with Gasteiger partial charge in [0.15, 0.2) is 5.78 Å². The number of carbonyl (C=O) groups is 1. The molecule has 92 valence electrons. The summed E-state index contributed by atoms with van der Waals surface area (Å²) in [5, 5.41) is 0.174. The maximum absolute atomic E-state index is 13.5. The Hall–Kier alpha value is -1.81. The van der Waals surface area contributed by atoms with Crippen LogP contribution in [0.25, 0.3) is 0 Å². The van der Waals surface area contributed by atoms with E-state index in [2.05, 4.69) is 4.98 Å². The molecule has 0 aliphatic heterocycles. The van der Waals surface area contributed by atoms with E-state index < -0.39 is 17.4 Å². The lowest BCUT2D eigenvalue weighted by Gasteiger charge is -2.05. The Morgan fingerprint density at radius 3 is 2.72 bits per heavy atom. The van der Waals surface area contributed by atoms with Crippen LogP contribution in [0, 0.1) is 11.6 Å². The first-order valence-corrected chi connectivity index (χ1v) is 5.52. The van der Waals surface area contributed by atoms with Crippen LogP contribution in [-0.2, 0) is 6.42 Å². The third kappa shape index (κ3) is 2.71. The number of hydrogen-bond donors (Lipinski definition) is 0. The van der Waals surface area contributed by atoms with Crippen molar-refractivity contribution >= 4 is 17.4 Å². The number of aromatic nitrogens is 1. The molecule has 1 aromatic heterocycles. The molecule has 0 fully saturated rings. The summed E-state index contributed by atoms with van der Waals surface area (Å²) >= 11 is 5.81. The van der Waals surface area contributed by atoms with Crippen LogP contribution in [0.5, 0.6) is 0 Å². The van der Waals surface area contributed by atoms with Crippen molar-refractivity contribution in [2.75, 3.05) is 0 Å². The number of nitrogens with zero attached hydrogens (tertiary/aromatic N) is 1. The van der Waals surface area contributed by atoms with Gasteiger partial charge in [0, 0.05) is 28.8 Å². The Balaban J connectivity index is 2.27. The molecule has 0 saturated heterocycles. The molecular weight excluding hydrogens is 260 g/mol.